The Morgan fingerprint density at radius 2 is 1.46 bits per heavy atom. The van der Waals surface area contributed by atoms with Gasteiger partial charge in [-0.15, -0.1) is 10.2 Å². The highest BCUT2D eigenvalue weighted by molar-refractivity contribution is 6.30. The average Bonchev–Trinajstić information content (AvgIpc) is 2.72. The Kier molecular flexibility index (Phi) is 5.98. The average molecular weight is 395 g/mol. The summed E-state index contributed by atoms with van der Waals surface area (Å²) >= 11 is 5.78. The quantitative estimate of drug-likeness (QED) is 0.358. The number of hydrogen-bond donors (Lipinski definition) is 2. The predicted molar refractivity (Wildman–Crippen MR) is 107 cm³/mol. The van der Waals surface area contributed by atoms with Gasteiger partial charge in [-0.3, -0.25) is 4.79 Å². The lowest BCUT2D eigenvalue weighted by atomic mass is 10.2. The SMILES string of the molecule is Nc1ccc(C(=O)N=Nc2ccc(NOC(=O)c3ccc(Cl)cc3)cc2)cc1. The van der Waals surface area contributed by atoms with Gasteiger partial charge in [0.15, 0.2) is 0 Å². The van der Waals surface area contributed by atoms with Crippen molar-refractivity contribution in [3.8, 4) is 0 Å². The van der Waals surface area contributed by atoms with Crippen molar-refractivity contribution in [2.24, 2.45) is 10.2 Å². The first kappa shape index (κ1) is 19.1. The molecule has 8 heteroatoms. The smallest absolute Gasteiger partial charge is 0.362 e. The monoisotopic (exact) mass is 394 g/mol. The highest BCUT2D eigenvalue weighted by atomic mass is 35.5. The van der Waals surface area contributed by atoms with E-state index in [-0.39, 0.29) is 0 Å². The third kappa shape index (κ3) is 5.15. The van der Waals surface area contributed by atoms with Crippen molar-refractivity contribution in [3.05, 3.63) is 88.9 Å². The molecular formula is C20H15ClN4O3. The second kappa shape index (κ2) is 8.79. The summed E-state index contributed by atoms with van der Waals surface area (Å²) in [7, 11) is 0. The molecule has 0 unspecified atom stereocenters. The van der Waals surface area contributed by atoms with Crippen LogP contribution in [0.2, 0.25) is 5.02 Å². The van der Waals surface area contributed by atoms with Crippen LogP contribution >= 0.6 is 11.6 Å². The van der Waals surface area contributed by atoms with E-state index in [1.54, 1.807) is 72.8 Å². The summed E-state index contributed by atoms with van der Waals surface area (Å²) in [5.74, 6) is -1.02. The molecule has 0 radical (unpaired) electrons. The number of nitrogens with zero attached hydrogens (tertiary/aromatic N) is 2. The Labute approximate surface area is 165 Å². The van der Waals surface area contributed by atoms with Crippen LogP contribution in [-0.4, -0.2) is 11.9 Å². The topological polar surface area (TPSA) is 106 Å². The third-order valence-corrected chi connectivity index (χ3v) is 3.87. The van der Waals surface area contributed by atoms with Crippen molar-refractivity contribution >= 4 is 40.5 Å². The Bertz CT molecular complexity index is 1000. The maximum atomic E-state index is 12.0. The Morgan fingerprint density at radius 3 is 2.11 bits per heavy atom. The number of benzene rings is 3. The summed E-state index contributed by atoms with van der Waals surface area (Å²) in [6.07, 6.45) is 0. The van der Waals surface area contributed by atoms with Gasteiger partial charge in [0.1, 0.15) is 0 Å². The van der Waals surface area contributed by atoms with Gasteiger partial charge in [-0.1, -0.05) is 11.6 Å². The molecule has 0 fully saturated rings. The molecule has 0 atom stereocenters. The van der Waals surface area contributed by atoms with Crippen molar-refractivity contribution in [2.45, 2.75) is 0 Å². The summed E-state index contributed by atoms with van der Waals surface area (Å²) < 4.78 is 0. The third-order valence-electron chi connectivity index (χ3n) is 3.62. The van der Waals surface area contributed by atoms with Gasteiger partial charge < -0.3 is 10.6 Å². The minimum Gasteiger partial charge on any atom is -0.399 e. The van der Waals surface area contributed by atoms with Crippen molar-refractivity contribution in [2.75, 3.05) is 11.2 Å². The van der Waals surface area contributed by atoms with Crippen LogP contribution in [0.25, 0.3) is 0 Å². The van der Waals surface area contributed by atoms with E-state index in [2.05, 4.69) is 15.7 Å². The zero-order chi connectivity index (χ0) is 19.9. The van der Waals surface area contributed by atoms with E-state index < -0.39 is 11.9 Å². The van der Waals surface area contributed by atoms with E-state index in [0.29, 0.717) is 33.2 Å². The maximum absolute atomic E-state index is 12.0. The molecule has 0 saturated carbocycles. The zero-order valence-corrected chi connectivity index (χ0v) is 15.3. The lowest BCUT2D eigenvalue weighted by molar-refractivity contribution is 0.0596. The van der Waals surface area contributed by atoms with Crippen LogP contribution in [0.1, 0.15) is 20.7 Å². The van der Waals surface area contributed by atoms with Crippen molar-refractivity contribution < 1.29 is 14.4 Å². The first-order valence-corrected chi connectivity index (χ1v) is 8.53. The molecule has 0 aromatic heterocycles. The van der Waals surface area contributed by atoms with Crippen LogP contribution < -0.4 is 11.2 Å². The van der Waals surface area contributed by atoms with E-state index in [1.807, 2.05) is 0 Å². The number of hydrogen-bond acceptors (Lipinski definition) is 6. The number of rotatable bonds is 5. The van der Waals surface area contributed by atoms with E-state index in [1.165, 1.54) is 0 Å². The Hall–Kier alpha value is -3.71. The largest absolute Gasteiger partial charge is 0.399 e. The molecule has 0 spiro atoms. The zero-order valence-electron chi connectivity index (χ0n) is 14.5. The van der Waals surface area contributed by atoms with E-state index >= 15 is 0 Å². The second-order valence-electron chi connectivity index (χ2n) is 5.67. The number of anilines is 2. The minimum atomic E-state index is -0.547. The molecule has 3 aromatic rings. The molecule has 3 N–H and O–H groups in total. The standard InChI is InChI=1S/C20H15ClN4O3/c21-15-5-1-14(2-6-15)20(27)28-25-18-11-9-17(10-12-18)23-24-19(26)13-3-7-16(22)8-4-13/h1-12,25H,22H2. The van der Waals surface area contributed by atoms with Crippen molar-refractivity contribution in [3.63, 3.8) is 0 Å². The van der Waals surface area contributed by atoms with Crippen LogP contribution in [0.15, 0.2) is 83.0 Å². The molecule has 0 aliphatic rings. The molecule has 3 aromatic carbocycles. The molecule has 1 amide bonds. The van der Waals surface area contributed by atoms with Gasteiger partial charge in [0.2, 0.25) is 0 Å². The van der Waals surface area contributed by atoms with Gasteiger partial charge >= 0.3 is 5.97 Å². The molecule has 3 rings (SSSR count). The van der Waals surface area contributed by atoms with Gasteiger partial charge in [-0.05, 0) is 72.8 Å². The molecule has 0 saturated heterocycles. The normalized spacial score (nSPS) is 10.6. The summed E-state index contributed by atoms with van der Waals surface area (Å²) in [6, 6.07) is 19.3. The number of amides is 1. The highest BCUT2D eigenvalue weighted by Gasteiger charge is 2.07. The fraction of sp³-hybridized carbons (Fsp3) is 0. The number of halogens is 1. The molecule has 0 bridgehead atoms. The van der Waals surface area contributed by atoms with Gasteiger partial charge in [-0.2, -0.15) is 0 Å². The first-order chi connectivity index (χ1) is 13.5. The highest BCUT2D eigenvalue weighted by Crippen LogP contribution is 2.18. The molecule has 0 aliphatic heterocycles. The summed E-state index contributed by atoms with van der Waals surface area (Å²) in [5, 5.41) is 8.10. The second-order valence-corrected chi connectivity index (χ2v) is 6.11. The molecule has 0 heterocycles. The van der Waals surface area contributed by atoms with Gasteiger partial charge in [0.05, 0.1) is 16.9 Å². The molecule has 0 aliphatic carbocycles. The van der Waals surface area contributed by atoms with Gasteiger partial charge in [0.25, 0.3) is 5.91 Å². The lowest BCUT2D eigenvalue weighted by Crippen LogP contribution is -2.10. The van der Waals surface area contributed by atoms with Crippen molar-refractivity contribution in [1.82, 2.24) is 0 Å². The van der Waals surface area contributed by atoms with E-state index in [9.17, 15) is 9.59 Å². The van der Waals surface area contributed by atoms with Gasteiger partial charge in [0, 0.05) is 16.3 Å². The fourth-order valence-electron chi connectivity index (χ4n) is 2.13. The molecule has 7 nitrogen and oxygen atoms in total. The van der Waals surface area contributed by atoms with Gasteiger partial charge in [-0.25, -0.2) is 10.3 Å². The number of nitrogen functional groups attached to an aromatic ring is 1. The summed E-state index contributed by atoms with van der Waals surface area (Å²) in [6.45, 7) is 0. The first-order valence-electron chi connectivity index (χ1n) is 8.16. The summed E-state index contributed by atoms with van der Waals surface area (Å²) in [4.78, 5) is 28.9. The summed E-state index contributed by atoms with van der Waals surface area (Å²) in [5.41, 5.74) is 10.5. The van der Waals surface area contributed by atoms with Crippen LogP contribution in [-0.2, 0) is 4.84 Å². The number of carbonyl (C=O) groups excluding carboxylic acids is 2. The maximum Gasteiger partial charge on any atom is 0.362 e. The van der Waals surface area contributed by atoms with Crippen molar-refractivity contribution in [1.29, 1.82) is 0 Å². The molecular weight excluding hydrogens is 380 g/mol. The van der Waals surface area contributed by atoms with Crippen LogP contribution in [0, 0.1) is 0 Å². The molecule has 28 heavy (non-hydrogen) atoms. The number of carbonyl (C=O) groups is 2. The van der Waals surface area contributed by atoms with Crippen LogP contribution in [0.3, 0.4) is 0 Å². The van der Waals surface area contributed by atoms with Crippen LogP contribution in [0.5, 0.6) is 0 Å². The minimum absolute atomic E-state index is 0.364. The fourth-order valence-corrected chi connectivity index (χ4v) is 2.26. The Balaban J connectivity index is 1.55. The Morgan fingerprint density at radius 1 is 0.857 bits per heavy atom. The number of azo groups is 1. The number of nitrogens with one attached hydrogen (secondary N) is 1. The lowest BCUT2D eigenvalue weighted by Gasteiger charge is -2.06. The molecule has 140 valence electrons. The predicted octanol–water partition coefficient (Wildman–Crippen LogP) is 5.03. The van der Waals surface area contributed by atoms with Crippen LogP contribution in [0.4, 0.5) is 17.1 Å². The van der Waals surface area contributed by atoms with E-state index in [4.69, 9.17) is 22.2 Å². The van der Waals surface area contributed by atoms with E-state index in [0.717, 1.165) is 0 Å². The number of nitrogens with two attached hydrogens (primary N) is 1.